The molecule has 0 bridgehead atoms. The molecule has 0 N–H and O–H groups in total. The monoisotopic (exact) mass is 737 g/mol. The van der Waals surface area contributed by atoms with E-state index in [1.165, 1.54) is 77.4 Å². The van der Waals surface area contributed by atoms with E-state index in [9.17, 15) is 0 Å². The number of benzene rings is 9. The lowest BCUT2D eigenvalue weighted by molar-refractivity contribution is 0.660. The van der Waals surface area contributed by atoms with E-state index in [0.717, 1.165) is 17.0 Å². The summed E-state index contributed by atoms with van der Waals surface area (Å²) >= 11 is 4.26. The van der Waals surface area contributed by atoms with Crippen molar-refractivity contribution < 1.29 is 0 Å². The van der Waals surface area contributed by atoms with Gasteiger partial charge < -0.3 is 4.90 Å². The van der Waals surface area contributed by atoms with Crippen LogP contribution in [0.5, 0.6) is 0 Å². The lowest BCUT2D eigenvalue weighted by Crippen LogP contribution is -2.17. The lowest BCUT2D eigenvalue weighted by Gasteiger charge is -2.30. The molecule has 270 valence electrons. The average molecular weight is 738 g/mol. The number of nitrogens with zero attached hydrogens (tertiary/aromatic N) is 1. The van der Waals surface area contributed by atoms with Gasteiger partial charge in [0, 0.05) is 27.2 Å². The van der Waals surface area contributed by atoms with Crippen LogP contribution in [0.4, 0.5) is 17.1 Å². The lowest BCUT2D eigenvalue weighted by atomic mass is 9.82. The van der Waals surface area contributed by atoms with Crippen molar-refractivity contribution in [3.05, 3.63) is 229 Å². The minimum Gasteiger partial charge on any atom is -0.310 e. The Bertz CT molecular complexity index is 2820. The first-order valence-corrected chi connectivity index (χ1v) is 19.8. The zero-order valence-electron chi connectivity index (χ0n) is 31.7. The van der Waals surface area contributed by atoms with E-state index >= 15 is 0 Å². The number of fused-ring (bicyclic) bond motifs is 5. The van der Waals surface area contributed by atoms with Gasteiger partial charge in [0.05, 0.1) is 5.69 Å². The van der Waals surface area contributed by atoms with Gasteiger partial charge in [0.15, 0.2) is 0 Å². The van der Waals surface area contributed by atoms with E-state index in [0.29, 0.717) is 0 Å². The van der Waals surface area contributed by atoms with Crippen LogP contribution in [0.1, 0.15) is 36.1 Å². The molecule has 0 aromatic heterocycles. The van der Waals surface area contributed by atoms with E-state index in [4.69, 9.17) is 0 Å². The number of rotatable bonds is 6. The molecule has 0 atom stereocenters. The summed E-state index contributed by atoms with van der Waals surface area (Å²) in [6.07, 6.45) is 0.845. The molecule has 9 aromatic rings. The smallest absolute Gasteiger partial charge is 0.0542 e. The summed E-state index contributed by atoms with van der Waals surface area (Å²) in [6.45, 7) is 4.71. The molecule has 1 aliphatic rings. The zero-order chi connectivity index (χ0) is 38.1. The Labute approximate surface area is 336 Å². The second-order valence-corrected chi connectivity index (χ2v) is 15.7. The van der Waals surface area contributed by atoms with Gasteiger partial charge in [-0.05, 0) is 109 Å². The predicted molar refractivity (Wildman–Crippen MR) is 242 cm³/mol. The van der Waals surface area contributed by atoms with Gasteiger partial charge in [-0.3, -0.25) is 0 Å². The van der Waals surface area contributed by atoms with Crippen molar-refractivity contribution in [2.24, 2.45) is 0 Å². The van der Waals surface area contributed by atoms with Gasteiger partial charge in [-0.1, -0.05) is 178 Å². The molecular formula is C54H43NS. The molecule has 0 radical (unpaired) electrons. The second-order valence-electron chi connectivity index (χ2n) is 15.1. The number of anilines is 3. The van der Waals surface area contributed by atoms with Crippen molar-refractivity contribution in [2.75, 3.05) is 4.90 Å². The van der Waals surface area contributed by atoms with Gasteiger partial charge in [-0.15, -0.1) is 12.6 Å². The van der Waals surface area contributed by atoms with Crippen molar-refractivity contribution in [1.82, 2.24) is 0 Å². The maximum atomic E-state index is 4.26. The molecule has 1 nitrogen and oxygen atoms in total. The van der Waals surface area contributed by atoms with E-state index in [1.807, 2.05) is 18.2 Å². The Morgan fingerprint density at radius 1 is 0.446 bits per heavy atom. The van der Waals surface area contributed by atoms with Gasteiger partial charge in [-0.2, -0.15) is 0 Å². The van der Waals surface area contributed by atoms with E-state index in [1.54, 1.807) is 0 Å². The van der Waals surface area contributed by atoms with Gasteiger partial charge >= 0.3 is 0 Å². The van der Waals surface area contributed by atoms with Crippen molar-refractivity contribution in [3.8, 4) is 22.3 Å². The molecule has 9 aromatic carbocycles. The molecule has 1 aliphatic carbocycles. The molecular weight excluding hydrogens is 695 g/mol. The molecule has 0 saturated heterocycles. The maximum absolute atomic E-state index is 4.26. The summed E-state index contributed by atoms with van der Waals surface area (Å²) in [5, 5.41) is 5.07. The first-order valence-electron chi connectivity index (χ1n) is 19.4. The Balaban J connectivity index is 0.000000320. The van der Waals surface area contributed by atoms with E-state index in [2.05, 4.69) is 219 Å². The predicted octanol–water partition coefficient (Wildman–Crippen LogP) is 15.0. The summed E-state index contributed by atoms with van der Waals surface area (Å²) in [7, 11) is 0. The number of thiol groups is 1. The molecule has 56 heavy (non-hydrogen) atoms. The standard InChI is InChI=1S/C44H35N.C10H8S/c1-44(2)40-22-12-11-21-38(40)39-27-26-37(30-41(39)44)45(36-19-7-4-8-20-36)42-23-13-18-35(43(42)33-15-5-3-6-16-33)29-31-24-25-32-14-9-10-17-34(32)28-31;11-10-6-5-8-3-1-2-4-9(8)7-10/h3-28,30H,29H2,1-2H3;1-7,11H. The fourth-order valence-electron chi connectivity index (χ4n) is 8.44. The minimum atomic E-state index is -0.0789. The van der Waals surface area contributed by atoms with Crippen molar-refractivity contribution in [2.45, 2.75) is 30.6 Å². The highest BCUT2D eigenvalue weighted by atomic mass is 32.1. The van der Waals surface area contributed by atoms with Crippen LogP contribution in [-0.2, 0) is 11.8 Å². The first-order chi connectivity index (χ1) is 27.4. The third-order valence-corrected chi connectivity index (χ3v) is 11.5. The average Bonchev–Trinajstić information content (AvgIpc) is 3.47. The fourth-order valence-corrected chi connectivity index (χ4v) is 8.65. The van der Waals surface area contributed by atoms with Crippen LogP contribution < -0.4 is 4.90 Å². The minimum absolute atomic E-state index is 0.0789. The van der Waals surface area contributed by atoms with Crippen LogP contribution in [-0.4, -0.2) is 0 Å². The molecule has 0 fully saturated rings. The van der Waals surface area contributed by atoms with Gasteiger partial charge in [0.25, 0.3) is 0 Å². The van der Waals surface area contributed by atoms with Crippen LogP contribution in [0.2, 0.25) is 0 Å². The number of hydrogen-bond acceptors (Lipinski definition) is 2. The quantitative estimate of drug-likeness (QED) is 0.166. The van der Waals surface area contributed by atoms with Gasteiger partial charge in [0.1, 0.15) is 0 Å². The van der Waals surface area contributed by atoms with Crippen LogP contribution in [0, 0.1) is 0 Å². The molecule has 2 heteroatoms. The normalized spacial score (nSPS) is 12.4. The van der Waals surface area contributed by atoms with Crippen molar-refractivity contribution in [3.63, 3.8) is 0 Å². The highest BCUT2D eigenvalue weighted by molar-refractivity contribution is 7.80. The molecule has 0 spiro atoms. The van der Waals surface area contributed by atoms with Crippen LogP contribution >= 0.6 is 12.6 Å². The van der Waals surface area contributed by atoms with Crippen molar-refractivity contribution in [1.29, 1.82) is 0 Å². The summed E-state index contributed by atoms with van der Waals surface area (Å²) in [5.74, 6) is 0. The largest absolute Gasteiger partial charge is 0.310 e. The van der Waals surface area contributed by atoms with Gasteiger partial charge in [0.2, 0.25) is 0 Å². The molecule has 0 amide bonds. The van der Waals surface area contributed by atoms with Crippen LogP contribution in [0.3, 0.4) is 0 Å². The number of para-hydroxylation sites is 1. The van der Waals surface area contributed by atoms with Crippen LogP contribution in [0.15, 0.2) is 211 Å². The van der Waals surface area contributed by atoms with Crippen molar-refractivity contribution >= 4 is 51.2 Å². The summed E-state index contributed by atoms with van der Waals surface area (Å²) in [4.78, 5) is 3.47. The molecule has 0 aliphatic heterocycles. The highest BCUT2D eigenvalue weighted by Crippen LogP contribution is 2.51. The maximum Gasteiger partial charge on any atom is 0.0542 e. The van der Waals surface area contributed by atoms with E-state index in [-0.39, 0.29) is 5.41 Å². The topological polar surface area (TPSA) is 3.24 Å². The van der Waals surface area contributed by atoms with E-state index < -0.39 is 0 Å². The van der Waals surface area contributed by atoms with Gasteiger partial charge in [-0.25, -0.2) is 0 Å². The Hall–Kier alpha value is -6.35. The fraction of sp³-hybridized carbons (Fsp3) is 0.0741. The SMILES string of the molecule is CC1(C)c2ccccc2-c2ccc(N(c3ccccc3)c3cccc(Cc4ccc5ccccc5c4)c3-c3ccccc3)cc21.Sc1ccc2ccccc2c1. The highest BCUT2D eigenvalue weighted by Gasteiger charge is 2.36. The van der Waals surface area contributed by atoms with Crippen LogP contribution in [0.25, 0.3) is 43.8 Å². The summed E-state index contributed by atoms with van der Waals surface area (Å²) in [5.41, 5.74) is 14.0. The third kappa shape index (κ3) is 6.78. The Kier molecular flexibility index (Phi) is 9.51. The Morgan fingerprint density at radius 3 is 1.80 bits per heavy atom. The molecule has 0 heterocycles. The molecule has 0 saturated carbocycles. The summed E-state index contributed by atoms with van der Waals surface area (Å²) < 4.78 is 0. The number of hydrogen-bond donors (Lipinski definition) is 1. The first kappa shape index (κ1) is 35.4. The zero-order valence-corrected chi connectivity index (χ0v) is 32.6. The molecule has 0 unspecified atom stereocenters. The third-order valence-electron chi connectivity index (χ3n) is 11.2. The molecule has 10 rings (SSSR count). The summed E-state index contributed by atoms with van der Waals surface area (Å²) in [6, 6.07) is 74.3. The Morgan fingerprint density at radius 2 is 1.05 bits per heavy atom. The second kappa shape index (κ2) is 15.1.